The normalized spacial score (nSPS) is 11.4. The van der Waals surface area contributed by atoms with Crippen molar-refractivity contribution in [3.63, 3.8) is 0 Å². The molecule has 0 saturated carbocycles. The Bertz CT molecular complexity index is 364. The van der Waals surface area contributed by atoms with E-state index < -0.39 is 0 Å². The molecule has 0 spiro atoms. The summed E-state index contributed by atoms with van der Waals surface area (Å²) >= 11 is 0. The van der Waals surface area contributed by atoms with Crippen molar-refractivity contribution < 1.29 is 0 Å². The largest absolute Gasteiger partial charge is 0.370 e. The summed E-state index contributed by atoms with van der Waals surface area (Å²) in [5, 5.41) is 6.88. The van der Waals surface area contributed by atoms with Crippen molar-refractivity contribution in [3.8, 4) is 0 Å². The van der Waals surface area contributed by atoms with Crippen LogP contribution in [0.15, 0.2) is 6.33 Å². The molecule has 2 N–H and O–H groups in total. The fraction of sp³-hybridized carbons (Fsp3) is 0.714. The van der Waals surface area contributed by atoms with Gasteiger partial charge in [-0.2, -0.15) is 0 Å². The Balaban J connectivity index is 2.99. The summed E-state index contributed by atoms with van der Waals surface area (Å²) in [6.07, 6.45) is 4.92. The zero-order chi connectivity index (χ0) is 13.6. The van der Waals surface area contributed by atoms with Crippen LogP contribution >= 0.6 is 0 Å². The molecule has 4 heteroatoms. The van der Waals surface area contributed by atoms with Crippen LogP contribution in [-0.2, 0) is 0 Å². The van der Waals surface area contributed by atoms with E-state index in [1.807, 2.05) is 0 Å². The van der Waals surface area contributed by atoms with Gasteiger partial charge in [-0.05, 0) is 33.1 Å². The summed E-state index contributed by atoms with van der Waals surface area (Å²) in [5.74, 6) is 1.87. The molecule has 102 valence electrons. The Hall–Kier alpha value is -1.32. The Morgan fingerprint density at radius 3 is 2.06 bits per heavy atom. The summed E-state index contributed by atoms with van der Waals surface area (Å²) < 4.78 is 0. The van der Waals surface area contributed by atoms with E-state index in [0.717, 1.165) is 43.0 Å². The maximum atomic E-state index is 4.39. The first-order valence-electron chi connectivity index (χ1n) is 6.96. The van der Waals surface area contributed by atoms with Crippen LogP contribution in [0.3, 0.4) is 0 Å². The van der Waals surface area contributed by atoms with E-state index in [9.17, 15) is 0 Å². The fourth-order valence-corrected chi connectivity index (χ4v) is 2.19. The van der Waals surface area contributed by atoms with Crippen LogP contribution in [0.2, 0.25) is 0 Å². The van der Waals surface area contributed by atoms with Crippen molar-refractivity contribution in [3.05, 3.63) is 11.9 Å². The van der Waals surface area contributed by atoms with E-state index in [0.29, 0.717) is 0 Å². The van der Waals surface area contributed by atoms with Crippen LogP contribution in [0.4, 0.5) is 11.6 Å². The third-order valence-electron chi connectivity index (χ3n) is 3.84. The van der Waals surface area contributed by atoms with Crippen molar-refractivity contribution in [2.24, 2.45) is 0 Å². The molecule has 1 aromatic rings. The third-order valence-corrected chi connectivity index (χ3v) is 3.84. The first-order valence-corrected chi connectivity index (χ1v) is 6.96. The second-order valence-electron chi connectivity index (χ2n) is 4.69. The van der Waals surface area contributed by atoms with Gasteiger partial charge in [0, 0.05) is 17.6 Å². The molecule has 4 nitrogen and oxygen atoms in total. The zero-order valence-corrected chi connectivity index (χ0v) is 12.3. The second kappa shape index (κ2) is 6.57. The number of hydrogen-bond acceptors (Lipinski definition) is 4. The maximum Gasteiger partial charge on any atom is 0.134 e. The molecule has 1 rings (SSSR count). The lowest BCUT2D eigenvalue weighted by Gasteiger charge is -2.33. The van der Waals surface area contributed by atoms with E-state index in [-0.39, 0.29) is 5.54 Å². The first kappa shape index (κ1) is 14.7. The smallest absolute Gasteiger partial charge is 0.134 e. The Morgan fingerprint density at radius 1 is 1.00 bits per heavy atom. The molecule has 0 unspecified atom stereocenters. The van der Waals surface area contributed by atoms with Crippen LogP contribution in [-0.4, -0.2) is 22.1 Å². The van der Waals surface area contributed by atoms with Crippen LogP contribution in [0.25, 0.3) is 0 Å². The van der Waals surface area contributed by atoms with E-state index >= 15 is 0 Å². The highest BCUT2D eigenvalue weighted by atomic mass is 15.1. The number of rotatable bonds is 7. The quantitative estimate of drug-likeness (QED) is 0.776. The van der Waals surface area contributed by atoms with Crippen molar-refractivity contribution in [2.75, 3.05) is 17.2 Å². The van der Waals surface area contributed by atoms with Gasteiger partial charge in [-0.3, -0.25) is 0 Å². The Kier molecular flexibility index (Phi) is 5.38. The highest BCUT2D eigenvalue weighted by Crippen LogP contribution is 2.27. The number of nitrogens with zero attached hydrogens (tertiary/aromatic N) is 2. The Morgan fingerprint density at radius 2 is 1.56 bits per heavy atom. The van der Waals surface area contributed by atoms with Crippen LogP contribution < -0.4 is 10.6 Å². The van der Waals surface area contributed by atoms with Crippen LogP contribution in [0, 0.1) is 6.92 Å². The second-order valence-corrected chi connectivity index (χ2v) is 4.69. The van der Waals surface area contributed by atoms with Gasteiger partial charge >= 0.3 is 0 Å². The molecule has 0 fully saturated rings. The molecule has 0 aliphatic rings. The molecular weight excluding hydrogens is 224 g/mol. The van der Waals surface area contributed by atoms with Gasteiger partial charge in [0.1, 0.15) is 18.0 Å². The minimum absolute atomic E-state index is 0.141. The van der Waals surface area contributed by atoms with Crippen LogP contribution in [0.1, 0.15) is 52.5 Å². The highest BCUT2D eigenvalue weighted by molar-refractivity contribution is 5.57. The average molecular weight is 250 g/mol. The lowest BCUT2D eigenvalue weighted by Crippen LogP contribution is -2.36. The van der Waals surface area contributed by atoms with Crippen molar-refractivity contribution >= 4 is 11.6 Å². The van der Waals surface area contributed by atoms with Crippen molar-refractivity contribution in [1.82, 2.24) is 9.97 Å². The molecule has 0 atom stereocenters. The Labute approximate surface area is 111 Å². The molecule has 0 aliphatic carbocycles. The summed E-state index contributed by atoms with van der Waals surface area (Å²) in [5.41, 5.74) is 1.24. The molecule has 0 aliphatic heterocycles. The standard InChI is InChI=1S/C14H26N4/c1-6-14(7-2,8-3)18-13-11(5)12(15-9-4)16-10-17-13/h10H,6-9H2,1-5H3,(H2,15,16,17,18). The monoisotopic (exact) mass is 250 g/mol. The van der Waals surface area contributed by atoms with E-state index in [1.54, 1.807) is 6.33 Å². The number of nitrogens with one attached hydrogen (secondary N) is 2. The molecule has 0 bridgehead atoms. The van der Waals surface area contributed by atoms with Gasteiger partial charge in [0.15, 0.2) is 0 Å². The zero-order valence-electron chi connectivity index (χ0n) is 12.3. The predicted octanol–water partition coefficient (Wildman–Crippen LogP) is 3.60. The molecule has 0 radical (unpaired) electrons. The van der Waals surface area contributed by atoms with E-state index in [4.69, 9.17) is 0 Å². The molecule has 1 aromatic heterocycles. The third kappa shape index (κ3) is 3.12. The summed E-state index contributed by atoms with van der Waals surface area (Å²) in [4.78, 5) is 8.66. The number of hydrogen-bond donors (Lipinski definition) is 2. The van der Waals surface area contributed by atoms with Crippen molar-refractivity contribution in [1.29, 1.82) is 0 Å². The minimum Gasteiger partial charge on any atom is -0.370 e. The lowest BCUT2D eigenvalue weighted by atomic mass is 9.89. The van der Waals surface area contributed by atoms with Gasteiger partial charge in [0.05, 0.1) is 0 Å². The predicted molar refractivity (Wildman–Crippen MR) is 78.2 cm³/mol. The number of aromatic nitrogens is 2. The molecule has 18 heavy (non-hydrogen) atoms. The SMILES string of the molecule is CCNc1ncnc(NC(CC)(CC)CC)c1C. The van der Waals surface area contributed by atoms with Gasteiger partial charge in [-0.15, -0.1) is 0 Å². The number of anilines is 2. The van der Waals surface area contributed by atoms with Gasteiger partial charge in [0.25, 0.3) is 0 Å². The van der Waals surface area contributed by atoms with E-state index in [1.165, 1.54) is 0 Å². The van der Waals surface area contributed by atoms with Gasteiger partial charge in [-0.25, -0.2) is 9.97 Å². The fourth-order valence-electron chi connectivity index (χ4n) is 2.19. The minimum atomic E-state index is 0.141. The molecule has 1 heterocycles. The van der Waals surface area contributed by atoms with Crippen molar-refractivity contribution in [2.45, 2.75) is 59.4 Å². The van der Waals surface area contributed by atoms with Gasteiger partial charge in [0.2, 0.25) is 0 Å². The molecule has 0 saturated heterocycles. The van der Waals surface area contributed by atoms with Crippen LogP contribution in [0.5, 0.6) is 0 Å². The molecule has 0 aromatic carbocycles. The lowest BCUT2D eigenvalue weighted by molar-refractivity contribution is 0.418. The summed E-state index contributed by atoms with van der Waals surface area (Å²) in [6, 6.07) is 0. The molecule has 0 amide bonds. The van der Waals surface area contributed by atoms with Gasteiger partial charge in [-0.1, -0.05) is 20.8 Å². The maximum absolute atomic E-state index is 4.39. The van der Waals surface area contributed by atoms with Gasteiger partial charge < -0.3 is 10.6 Å². The van der Waals surface area contributed by atoms with E-state index in [2.05, 4.69) is 55.2 Å². The highest BCUT2D eigenvalue weighted by Gasteiger charge is 2.24. The average Bonchev–Trinajstić information content (AvgIpc) is 2.41. The first-order chi connectivity index (χ1) is 8.62. The topological polar surface area (TPSA) is 49.8 Å². The summed E-state index contributed by atoms with van der Waals surface area (Å²) in [6.45, 7) is 11.7. The molecular formula is C14H26N4. The summed E-state index contributed by atoms with van der Waals surface area (Å²) in [7, 11) is 0.